The third kappa shape index (κ3) is 1.99. The molecule has 1 aromatic carbocycles. The standard InChI is InChI=1S/C13H18ClNO/c1-4-10-7-11(14)13-12(8-10)15(9(2)3)5-6-16-13/h7-9H,4-6H2,1-3H3. The van der Waals surface area contributed by atoms with Gasteiger partial charge in [-0.05, 0) is 38.0 Å². The average Bonchev–Trinajstić information content (AvgIpc) is 2.28. The molecule has 1 aliphatic rings. The second kappa shape index (κ2) is 4.54. The van der Waals surface area contributed by atoms with Crippen LogP contribution in [-0.4, -0.2) is 19.2 Å². The zero-order valence-corrected chi connectivity index (χ0v) is 10.8. The molecule has 0 bridgehead atoms. The summed E-state index contributed by atoms with van der Waals surface area (Å²) in [5.41, 5.74) is 2.41. The fraction of sp³-hybridized carbons (Fsp3) is 0.538. The van der Waals surface area contributed by atoms with Gasteiger partial charge in [-0.1, -0.05) is 18.5 Å². The molecule has 0 N–H and O–H groups in total. The van der Waals surface area contributed by atoms with Gasteiger partial charge in [-0.15, -0.1) is 0 Å². The van der Waals surface area contributed by atoms with Crippen molar-refractivity contribution in [2.24, 2.45) is 0 Å². The Morgan fingerprint density at radius 3 is 2.81 bits per heavy atom. The maximum atomic E-state index is 6.24. The van der Waals surface area contributed by atoms with Crippen LogP contribution in [0.2, 0.25) is 5.02 Å². The van der Waals surface area contributed by atoms with E-state index in [1.54, 1.807) is 0 Å². The third-order valence-electron chi connectivity index (χ3n) is 3.00. The van der Waals surface area contributed by atoms with Gasteiger partial charge in [0.15, 0.2) is 5.75 Å². The molecule has 0 spiro atoms. The lowest BCUT2D eigenvalue weighted by Gasteiger charge is -2.35. The molecular formula is C13H18ClNO. The van der Waals surface area contributed by atoms with Crippen LogP contribution in [0.25, 0.3) is 0 Å². The van der Waals surface area contributed by atoms with Crippen molar-refractivity contribution in [2.45, 2.75) is 33.2 Å². The van der Waals surface area contributed by atoms with Crippen LogP contribution < -0.4 is 9.64 Å². The molecule has 0 saturated heterocycles. The Bertz CT molecular complexity index is 390. The molecule has 0 saturated carbocycles. The highest BCUT2D eigenvalue weighted by molar-refractivity contribution is 6.32. The number of halogens is 1. The Labute approximate surface area is 102 Å². The molecule has 3 heteroatoms. The molecule has 0 amide bonds. The van der Waals surface area contributed by atoms with E-state index in [-0.39, 0.29) is 0 Å². The Hall–Kier alpha value is -0.890. The summed E-state index contributed by atoms with van der Waals surface area (Å²) in [7, 11) is 0. The number of fused-ring (bicyclic) bond motifs is 1. The van der Waals surface area contributed by atoms with Crippen LogP contribution in [0, 0.1) is 0 Å². The van der Waals surface area contributed by atoms with Gasteiger partial charge in [-0.2, -0.15) is 0 Å². The fourth-order valence-electron chi connectivity index (χ4n) is 2.10. The molecular weight excluding hydrogens is 222 g/mol. The zero-order chi connectivity index (χ0) is 11.7. The van der Waals surface area contributed by atoms with Crippen molar-refractivity contribution < 1.29 is 4.74 Å². The van der Waals surface area contributed by atoms with Crippen molar-refractivity contribution in [3.63, 3.8) is 0 Å². The van der Waals surface area contributed by atoms with E-state index < -0.39 is 0 Å². The molecule has 1 aromatic rings. The van der Waals surface area contributed by atoms with Crippen molar-refractivity contribution in [2.75, 3.05) is 18.1 Å². The second-order valence-corrected chi connectivity index (χ2v) is 4.82. The quantitative estimate of drug-likeness (QED) is 0.783. The number of anilines is 1. The number of nitrogens with zero attached hydrogens (tertiary/aromatic N) is 1. The molecule has 1 heterocycles. The lowest BCUT2D eigenvalue weighted by Crippen LogP contribution is -2.38. The van der Waals surface area contributed by atoms with E-state index in [2.05, 4.69) is 31.7 Å². The summed E-state index contributed by atoms with van der Waals surface area (Å²) in [6.45, 7) is 8.19. The van der Waals surface area contributed by atoms with E-state index in [1.165, 1.54) is 5.56 Å². The van der Waals surface area contributed by atoms with Crippen molar-refractivity contribution in [3.05, 3.63) is 22.7 Å². The molecule has 2 rings (SSSR count). The van der Waals surface area contributed by atoms with Gasteiger partial charge in [0.05, 0.1) is 17.3 Å². The van der Waals surface area contributed by atoms with Gasteiger partial charge in [0.2, 0.25) is 0 Å². The molecule has 88 valence electrons. The maximum Gasteiger partial charge on any atom is 0.161 e. The topological polar surface area (TPSA) is 12.5 Å². The highest BCUT2D eigenvalue weighted by Gasteiger charge is 2.22. The van der Waals surface area contributed by atoms with E-state index in [0.717, 1.165) is 36.0 Å². The van der Waals surface area contributed by atoms with Crippen molar-refractivity contribution in [1.29, 1.82) is 0 Å². The van der Waals surface area contributed by atoms with Crippen molar-refractivity contribution in [1.82, 2.24) is 0 Å². The summed E-state index contributed by atoms with van der Waals surface area (Å²) in [5, 5.41) is 0.736. The third-order valence-corrected chi connectivity index (χ3v) is 3.28. The van der Waals surface area contributed by atoms with E-state index in [4.69, 9.17) is 16.3 Å². The molecule has 2 nitrogen and oxygen atoms in total. The minimum Gasteiger partial charge on any atom is -0.488 e. The lowest BCUT2D eigenvalue weighted by molar-refractivity contribution is 0.303. The Balaban J connectivity index is 2.49. The molecule has 0 fully saturated rings. The van der Waals surface area contributed by atoms with Crippen molar-refractivity contribution >= 4 is 17.3 Å². The first-order chi connectivity index (χ1) is 7.63. The summed E-state index contributed by atoms with van der Waals surface area (Å²) >= 11 is 6.24. The number of rotatable bonds is 2. The van der Waals surface area contributed by atoms with Crippen molar-refractivity contribution in [3.8, 4) is 5.75 Å². The van der Waals surface area contributed by atoms with Gasteiger partial charge in [0.1, 0.15) is 6.61 Å². The summed E-state index contributed by atoms with van der Waals surface area (Å²) in [5.74, 6) is 0.846. The van der Waals surface area contributed by atoms with Crippen LogP contribution in [0.4, 0.5) is 5.69 Å². The second-order valence-electron chi connectivity index (χ2n) is 4.42. The minimum atomic E-state index is 0.478. The van der Waals surface area contributed by atoms with Crippen LogP contribution in [0.5, 0.6) is 5.75 Å². The number of hydrogen-bond donors (Lipinski definition) is 0. The largest absolute Gasteiger partial charge is 0.488 e. The van der Waals surface area contributed by atoms with Gasteiger partial charge >= 0.3 is 0 Å². The molecule has 0 radical (unpaired) electrons. The maximum absolute atomic E-state index is 6.24. The number of benzene rings is 1. The molecule has 0 atom stereocenters. The van der Waals surface area contributed by atoms with Crippen LogP contribution >= 0.6 is 11.6 Å². The molecule has 0 aliphatic carbocycles. The summed E-state index contributed by atoms with van der Waals surface area (Å²) in [6.07, 6.45) is 0.999. The fourth-order valence-corrected chi connectivity index (χ4v) is 2.39. The van der Waals surface area contributed by atoms with E-state index in [9.17, 15) is 0 Å². The molecule has 0 unspecified atom stereocenters. The van der Waals surface area contributed by atoms with Crippen LogP contribution in [-0.2, 0) is 6.42 Å². The molecule has 0 aromatic heterocycles. The SMILES string of the molecule is CCc1cc(Cl)c2c(c1)N(C(C)C)CCO2. The molecule has 1 aliphatic heterocycles. The van der Waals surface area contributed by atoms with Gasteiger partial charge in [-0.3, -0.25) is 0 Å². The number of hydrogen-bond acceptors (Lipinski definition) is 2. The Morgan fingerprint density at radius 1 is 1.44 bits per heavy atom. The number of aryl methyl sites for hydroxylation is 1. The first-order valence-electron chi connectivity index (χ1n) is 5.85. The minimum absolute atomic E-state index is 0.478. The summed E-state index contributed by atoms with van der Waals surface area (Å²) < 4.78 is 5.66. The first kappa shape index (κ1) is 11.6. The summed E-state index contributed by atoms with van der Waals surface area (Å²) in [6, 6.07) is 4.68. The van der Waals surface area contributed by atoms with Gasteiger partial charge in [-0.25, -0.2) is 0 Å². The highest BCUT2D eigenvalue weighted by Crippen LogP contribution is 2.40. The number of ether oxygens (including phenoxy) is 1. The first-order valence-corrected chi connectivity index (χ1v) is 6.23. The Morgan fingerprint density at radius 2 is 2.19 bits per heavy atom. The molecule has 16 heavy (non-hydrogen) atoms. The summed E-state index contributed by atoms with van der Waals surface area (Å²) in [4.78, 5) is 2.35. The average molecular weight is 240 g/mol. The predicted molar refractivity (Wildman–Crippen MR) is 68.8 cm³/mol. The van der Waals surface area contributed by atoms with E-state index >= 15 is 0 Å². The van der Waals surface area contributed by atoms with E-state index in [1.807, 2.05) is 6.07 Å². The van der Waals surface area contributed by atoms with Gasteiger partial charge in [0, 0.05) is 6.04 Å². The van der Waals surface area contributed by atoms with E-state index in [0.29, 0.717) is 6.04 Å². The highest BCUT2D eigenvalue weighted by atomic mass is 35.5. The Kier molecular flexibility index (Phi) is 3.29. The monoisotopic (exact) mass is 239 g/mol. The van der Waals surface area contributed by atoms with Crippen LogP contribution in [0.3, 0.4) is 0 Å². The normalized spacial score (nSPS) is 14.9. The van der Waals surface area contributed by atoms with Gasteiger partial charge < -0.3 is 9.64 Å². The van der Waals surface area contributed by atoms with Crippen LogP contribution in [0.1, 0.15) is 26.3 Å². The van der Waals surface area contributed by atoms with Crippen LogP contribution in [0.15, 0.2) is 12.1 Å². The smallest absolute Gasteiger partial charge is 0.161 e. The lowest BCUT2D eigenvalue weighted by atomic mass is 10.1. The zero-order valence-electron chi connectivity index (χ0n) is 10.1. The predicted octanol–water partition coefficient (Wildman–Crippen LogP) is 3.51. The van der Waals surface area contributed by atoms with Gasteiger partial charge in [0.25, 0.3) is 0 Å².